The van der Waals surface area contributed by atoms with Crippen LogP contribution >= 0.6 is 22.6 Å². The summed E-state index contributed by atoms with van der Waals surface area (Å²) in [6.45, 7) is 4.08. The third kappa shape index (κ3) is 3.46. The third-order valence-electron chi connectivity index (χ3n) is 5.85. The summed E-state index contributed by atoms with van der Waals surface area (Å²) in [7, 11) is 0. The van der Waals surface area contributed by atoms with Crippen molar-refractivity contribution in [3.8, 4) is 16.9 Å². The Labute approximate surface area is 198 Å². The molecule has 0 fully saturated rings. The topological polar surface area (TPSA) is 66.9 Å². The fraction of sp³-hybridized carbons (Fsp3) is 0.160. The number of nitrogens with zero attached hydrogens (tertiary/aromatic N) is 4. The number of benzene rings is 3. The van der Waals surface area contributed by atoms with Gasteiger partial charge in [0.1, 0.15) is 30.3 Å². The lowest BCUT2D eigenvalue weighted by atomic mass is 10.0. The predicted octanol–water partition coefficient (Wildman–Crippen LogP) is 5.49. The van der Waals surface area contributed by atoms with E-state index in [1.807, 2.05) is 6.92 Å². The van der Waals surface area contributed by atoms with E-state index in [-0.39, 0.29) is 0 Å². The van der Waals surface area contributed by atoms with Crippen LogP contribution in [-0.2, 0) is 6.54 Å². The molecular weight excluding hydrogens is 513 g/mol. The number of aryl methyl sites for hydroxylation is 1. The molecule has 0 spiro atoms. The summed E-state index contributed by atoms with van der Waals surface area (Å²) < 4.78 is 7.27. The number of aromatic nitrogens is 4. The van der Waals surface area contributed by atoms with Crippen molar-refractivity contribution in [3.63, 3.8) is 0 Å². The van der Waals surface area contributed by atoms with Crippen molar-refractivity contribution in [2.24, 2.45) is 0 Å². The molecule has 1 aliphatic heterocycles. The molecule has 6 nitrogen and oxygen atoms in total. The molecule has 0 saturated carbocycles. The number of hydrogen-bond acceptors (Lipinski definition) is 5. The second kappa shape index (κ2) is 7.74. The summed E-state index contributed by atoms with van der Waals surface area (Å²) in [4.78, 5) is 19.2. The Kier molecular flexibility index (Phi) is 4.71. The molecule has 3 aromatic carbocycles. The van der Waals surface area contributed by atoms with Gasteiger partial charge in [0.2, 0.25) is 0 Å². The van der Waals surface area contributed by atoms with Crippen LogP contribution in [0, 0.1) is 10.5 Å². The Balaban J connectivity index is 1.40. The molecule has 1 N–H and O–H groups in total. The van der Waals surface area contributed by atoms with E-state index in [0.717, 1.165) is 69.1 Å². The smallest absolute Gasteiger partial charge is 0.140 e. The summed E-state index contributed by atoms with van der Waals surface area (Å²) in [5.74, 6) is 2.81. The second-order valence-corrected chi connectivity index (χ2v) is 9.25. The van der Waals surface area contributed by atoms with Crippen molar-refractivity contribution in [1.29, 1.82) is 0 Å². The predicted molar refractivity (Wildman–Crippen MR) is 135 cm³/mol. The van der Waals surface area contributed by atoms with E-state index >= 15 is 0 Å². The van der Waals surface area contributed by atoms with Crippen molar-refractivity contribution in [2.45, 2.75) is 13.5 Å². The SMILES string of the molecule is Cc1nc2ccc(-c3ccc4c(c3)CN(c3ncnc5ccc(I)cc35)CCO4)cc2[nH]1. The molecule has 3 heterocycles. The zero-order valence-corrected chi connectivity index (χ0v) is 19.6. The molecular formula is C25H20IN5O. The van der Waals surface area contributed by atoms with Crippen LogP contribution in [0.25, 0.3) is 33.1 Å². The first-order valence-electron chi connectivity index (χ1n) is 10.5. The highest BCUT2D eigenvalue weighted by Crippen LogP contribution is 2.33. The first kappa shape index (κ1) is 19.5. The molecule has 0 bridgehead atoms. The standard InChI is InChI=1S/C25H20IN5O/c1-15-29-22-5-2-17(11-23(22)30-15)16-3-7-24-18(10-16)13-31(8-9-32-24)25-20-12-19(26)4-6-21(20)27-14-28-25/h2-7,10-12,14H,8-9,13H2,1H3,(H,29,30). The molecule has 0 unspecified atom stereocenters. The summed E-state index contributed by atoms with van der Waals surface area (Å²) in [5.41, 5.74) is 6.46. The second-order valence-electron chi connectivity index (χ2n) is 8.01. The van der Waals surface area contributed by atoms with Crippen LogP contribution in [0.1, 0.15) is 11.4 Å². The lowest BCUT2D eigenvalue weighted by Gasteiger charge is -2.22. The molecule has 1 aliphatic rings. The van der Waals surface area contributed by atoms with Gasteiger partial charge in [-0.15, -0.1) is 0 Å². The maximum absolute atomic E-state index is 6.10. The van der Waals surface area contributed by atoms with Crippen LogP contribution in [0.2, 0.25) is 0 Å². The van der Waals surface area contributed by atoms with Crippen molar-refractivity contribution in [3.05, 3.63) is 75.9 Å². The van der Waals surface area contributed by atoms with Gasteiger partial charge in [0, 0.05) is 21.1 Å². The highest BCUT2D eigenvalue weighted by Gasteiger charge is 2.20. The van der Waals surface area contributed by atoms with Gasteiger partial charge in [0.25, 0.3) is 0 Å². The Bertz CT molecular complexity index is 1480. The quantitative estimate of drug-likeness (QED) is 0.305. The number of hydrogen-bond donors (Lipinski definition) is 1. The zero-order valence-electron chi connectivity index (χ0n) is 17.5. The number of ether oxygens (including phenoxy) is 1. The molecule has 158 valence electrons. The van der Waals surface area contributed by atoms with Crippen LogP contribution < -0.4 is 9.64 Å². The van der Waals surface area contributed by atoms with E-state index in [9.17, 15) is 0 Å². The minimum Gasteiger partial charge on any atom is -0.491 e. The van der Waals surface area contributed by atoms with Gasteiger partial charge in [0.05, 0.1) is 23.1 Å². The molecule has 0 amide bonds. The van der Waals surface area contributed by atoms with Crippen LogP contribution in [0.3, 0.4) is 0 Å². The molecule has 2 aromatic heterocycles. The minimum absolute atomic E-state index is 0.612. The minimum atomic E-state index is 0.612. The fourth-order valence-electron chi connectivity index (χ4n) is 4.34. The number of nitrogens with one attached hydrogen (secondary N) is 1. The summed E-state index contributed by atoms with van der Waals surface area (Å²) in [5, 5.41) is 1.07. The van der Waals surface area contributed by atoms with Crippen molar-refractivity contribution >= 4 is 50.3 Å². The Hall–Kier alpha value is -3.20. The maximum Gasteiger partial charge on any atom is 0.140 e. The van der Waals surface area contributed by atoms with Crippen molar-refractivity contribution < 1.29 is 4.74 Å². The van der Waals surface area contributed by atoms with Gasteiger partial charge >= 0.3 is 0 Å². The molecule has 5 aromatic rings. The van der Waals surface area contributed by atoms with Gasteiger partial charge in [0.15, 0.2) is 0 Å². The van der Waals surface area contributed by atoms with Gasteiger partial charge in [-0.2, -0.15) is 0 Å². The third-order valence-corrected chi connectivity index (χ3v) is 6.52. The lowest BCUT2D eigenvalue weighted by molar-refractivity contribution is 0.331. The van der Waals surface area contributed by atoms with Crippen LogP contribution in [0.15, 0.2) is 60.9 Å². The first-order valence-corrected chi connectivity index (χ1v) is 11.6. The van der Waals surface area contributed by atoms with Gasteiger partial charge in [-0.05, 0) is 83.1 Å². The first-order chi connectivity index (χ1) is 15.6. The van der Waals surface area contributed by atoms with Crippen molar-refractivity contribution in [1.82, 2.24) is 19.9 Å². The van der Waals surface area contributed by atoms with E-state index in [4.69, 9.17) is 4.74 Å². The molecule has 0 atom stereocenters. The highest BCUT2D eigenvalue weighted by atomic mass is 127. The molecule has 0 aliphatic carbocycles. The van der Waals surface area contributed by atoms with Crippen LogP contribution in [0.4, 0.5) is 5.82 Å². The Morgan fingerprint density at radius 3 is 2.75 bits per heavy atom. The largest absolute Gasteiger partial charge is 0.491 e. The molecule has 0 radical (unpaired) electrons. The average Bonchev–Trinajstić information content (AvgIpc) is 3.04. The lowest BCUT2D eigenvalue weighted by Crippen LogP contribution is -2.26. The van der Waals surface area contributed by atoms with Crippen LogP contribution in [-0.4, -0.2) is 33.1 Å². The van der Waals surface area contributed by atoms with Gasteiger partial charge < -0.3 is 14.6 Å². The normalized spacial score (nSPS) is 13.8. The van der Waals surface area contributed by atoms with E-state index in [2.05, 4.69) is 102 Å². The van der Waals surface area contributed by atoms with E-state index in [1.54, 1.807) is 6.33 Å². The van der Waals surface area contributed by atoms with Crippen molar-refractivity contribution in [2.75, 3.05) is 18.1 Å². The molecule has 6 rings (SSSR count). The maximum atomic E-state index is 6.10. The number of rotatable bonds is 2. The van der Waals surface area contributed by atoms with Crippen LogP contribution in [0.5, 0.6) is 5.75 Å². The Morgan fingerprint density at radius 1 is 0.969 bits per heavy atom. The molecule has 0 saturated heterocycles. The van der Waals surface area contributed by atoms with Gasteiger partial charge in [-0.25, -0.2) is 15.0 Å². The number of fused-ring (bicyclic) bond motifs is 3. The monoisotopic (exact) mass is 533 g/mol. The number of halogens is 1. The van der Waals surface area contributed by atoms with Gasteiger partial charge in [-0.3, -0.25) is 0 Å². The van der Waals surface area contributed by atoms with E-state index < -0.39 is 0 Å². The van der Waals surface area contributed by atoms with E-state index in [1.165, 1.54) is 3.57 Å². The molecule has 7 heteroatoms. The fourth-order valence-corrected chi connectivity index (χ4v) is 4.83. The number of anilines is 1. The van der Waals surface area contributed by atoms with E-state index in [0.29, 0.717) is 6.61 Å². The van der Waals surface area contributed by atoms with Gasteiger partial charge in [-0.1, -0.05) is 12.1 Å². The number of imidazole rings is 1. The number of aromatic amines is 1. The summed E-state index contributed by atoms with van der Waals surface area (Å²) in [6, 6.07) is 19.1. The average molecular weight is 533 g/mol. The zero-order chi connectivity index (χ0) is 21.7. The summed E-state index contributed by atoms with van der Waals surface area (Å²) >= 11 is 2.34. The number of H-pyrrole nitrogens is 1. The molecule has 32 heavy (non-hydrogen) atoms. The Morgan fingerprint density at radius 2 is 1.81 bits per heavy atom. The summed E-state index contributed by atoms with van der Waals surface area (Å²) in [6.07, 6.45) is 1.65. The highest BCUT2D eigenvalue weighted by molar-refractivity contribution is 14.1.